The normalized spacial score (nSPS) is 27.1. The maximum absolute atomic E-state index is 5.93. The lowest BCUT2D eigenvalue weighted by Crippen LogP contribution is -2.30. The van der Waals surface area contributed by atoms with Gasteiger partial charge in [-0.15, -0.1) is 0 Å². The molecule has 1 N–H and O–H groups in total. The smallest absolute Gasteiger partial charge is 0.0587 e. The second-order valence-electron chi connectivity index (χ2n) is 4.94. The lowest BCUT2D eigenvalue weighted by Gasteiger charge is -2.18. The number of rotatable bonds is 6. The van der Waals surface area contributed by atoms with E-state index in [0.717, 1.165) is 30.6 Å². The molecule has 0 aliphatic heterocycles. The fourth-order valence-electron chi connectivity index (χ4n) is 2.51. The van der Waals surface area contributed by atoms with Crippen molar-refractivity contribution in [2.24, 2.45) is 5.92 Å². The number of halogens is 1. The first-order valence-electron chi connectivity index (χ1n) is 6.15. The van der Waals surface area contributed by atoms with E-state index in [9.17, 15) is 0 Å². The van der Waals surface area contributed by atoms with E-state index in [0.29, 0.717) is 5.41 Å². The molecule has 2 nitrogen and oxygen atoms in total. The van der Waals surface area contributed by atoms with Crippen molar-refractivity contribution in [3.05, 3.63) is 34.9 Å². The average Bonchev–Trinajstić information content (AvgIpc) is 2.98. The zero-order chi connectivity index (χ0) is 12.3. The van der Waals surface area contributed by atoms with Crippen LogP contribution in [0.2, 0.25) is 5.02 Å². The van der Waals surface area contributed by atoms with Gasteiger partial charge in [0.1, 0.15) is 0 Å². The molecule has 1 aromatic rings. The van der Waals surface area contributed by atoms with Crippen molar-refractivity contribution in [2.75, 3.05) is 26.8 Å². The van der Waals surface area contributed by atoms with E-state index in [-0.39, 0.29) is 0 Å². The van der Waals surface area contributed by atoms with Gasteiger partial charge in [-0.1, -0.05) is 30.7 Å². The Hall–Kier alpha value is -0.570. The summed E-state index contributed by atoms with van der Waals surface area (Å²) in [4.78, 5) is 0. The molecule has 0 bridgehead atoms. The molecule has 94 valence electrons. The number of nitrogens with one attached hydrogen (secondary N) is 1. The van der Waals surface area contributed by atoms with Gasteiger partial charge in [0.25, 0.3) is 0 Å². The topological polar surface area (TPSA) is 21.3 Å². The summed E-state index contributed by atoms with van der Waals surface area (Å²) in [7, 11) is 1.73. The Labute approximate surface area is 108 Å². The van der Waals surface area contributed by atoms with E-state index < -0.39 is 0 Å². The summed E-state index contributed by atoms with van der Waals surface area (Å²) >= 11 is 5.93. The van der Waals surface area contributed by atoms with Crippen molar-refractivity contribution in [2.45, 2.75) is 18.8 Å². The quantitative estimate of drug-likeness (QED) is 0.788. The fourth-order valence-corrected chi connectivity index (χ4v) is 2.63. The first kappa shape index (κ1) is 12.9. The van der Waals surface area contributed by atoms with Crippen molar-refractivity contribution >= 4 is 11.6 Å². The van der Waals surface area contributed by atoms with Crippen LogP contribution >= 0.6 is 11.6 Å². The number of benzene rings is 1. The van der Waals surface area contributed by atoms with E-state index in [4.69, 9.17) is 16.3 Å². The van der Waals surface area contributed by atoms with Crippen molar-refractivity contribution in [3.8, 4) is 0 Å². The molecule has 2 atom stereocenters. The van der Waals surface area contributed by atoms with Crippen molar-refractivity contribution in [1.82, 2.24) is 5.32 Å². The molecular formula is C14H20ClNO. The summed E-state index contributed by atoms with van der Waals surface area (Å²) in [5.74, 6) is 0.749. The van der Waals surface area contributed by atoms with Crippen LogP contribution < -0.4 is 5.32 Å². The summed E-state index contributed by atoms with van der Waals surface area (Å²) in [5, 5.41) is 4.28. The molecule has 0 amide bonds. The molecule has 1 aliphatic rings. The van der Waals surface area contributed by atoms with Crippen LogP contribution in [-0.4, -0.2) is 26.8 Å². The van der Waals surface area contributed by atoms with Crippen LogP contribution in [0.5, 0.6) is 0 Å². The third kappa shape index (κ3) is 2.82. The van der Waals surface area contributed by atoms with Crippen molar-refractivity contribution < 1.29 is 4.74 Å². The molecule has 1 fully saturated rings. The Kier molecular flexibility index (Phi) is 4.08. The molecule has 3 heteroatoms. The van der Waals surface area contributed by atoms with Crippen molar-refractivity contribution in [1.29, 1.82) is 0 Å². The number of ether oxygens (including phenoxy) is 1. The van der Waals surface area contributed by atoms with E-state index in [1.165, 1.54) is 12.0 Å². The zero-order valence-corrected chi connectivity index (χ0v) is 11.3. The summed E-state index contributed by atoms with van der Waals surface area (Å²) in [5.41, 5.74) is 1.72. The SMILES string of the molecule is COCCNCC1(c2ccc(Cl)cc2)CC1C. The monoisotopic (exact) mass is 253 g/mol. The van der Waals surface area contributed by atoms with Gasteiger partial charge >= 0.3 is 0 Å². The van der Waals surface area contributed by atoms with Crippen LogP contribution in [0.4, 0.5) is 0 Å². The van der Waals surface area contributed by atoms with Crippen LogP contribution in [-0.2, 0) is 10.2 Å². The van der Waals surface area contributed by atoms with Gasteiger partial charge in [0.05, 0.1) is 6.61 Å². The van der Waals surface area contributed by atoms with Gasteiger partial charge in [-0.25, -0.2) is 0 Å². The highest BCUT2D eigenvalue weighted by Gasteiger charge is 2.51. The minimum atomic E-state index is 0.318. The fraction of sp³-hybridized carbons (Fsp3) is 0.571. The molecule has 17 heavy (non-hydrogen) atoms. The Bertz CT molecular complexity index is 365. The predicted octanol–water partition coefficient (Wildman–Crippen LogP) is 2.85. The van der Waals surface area contributed by atoms with Crippen LogP contribution in [0.25, 0.3) is 0 Å². The molecule has 0 saturated heterocycles. The molecule has 2 unspecified atom stereocenters. The lowest BCUT2D eigenvalue weighted by molar-refractivity contribution is 0.198. The van der Waals surface area contributed by atoms with Gasteiger partial charge < -0.3 is 10.1 Å². The minimum Gasteiger partial charge on any atom is -0.383 e. The van der Waals surface area contributed by atoms with E-state index in [2.05, 4.69) is 24.4 Å². The maximum atomic E-state index is 5.93. The third-order valence-electron chi connectivity index (χ3n) is 3.80. The average molecular weight is 254 g/mol. The van der Waals surface area contributed by atoms with Crippen LogP contribution in [0.3, 0.4) is 0 Å². The summed E-state index contributed by atoms with van der Waals surface area (Å²) < 4.78 is 5.05. The number of methoxy groups -OCH3 is 1. The van der Waals surface area contributed by atoms with Gasteiger partial charge in [0.15, 0.2) is 0 Å². The van der Waals surface area contributed by atoms with E-state index in [1.807, 2.05) is 12.1 Å². The maximum Gasteiger partial charge on any atom is 0.0587 e. The van der Waals surface area contributed by atoms with Gasteiger partial charge in [-0.05, 0) is 30.0 Å². The Balaban J connectivity index is 1.98. The summed E-state index contributed by atoms with van der Waals surface area (Å²) in [6.45, 7) is 5.02. The highest BCUT2D eigenvalue weighted by molar-refractivity contribution is 6.30. The molecular weight excluding hydrogens is 234 g/mol. The van der Waals surface area contributed by atoms with Gasteiger partial charge in [0.2, 0.25) is 0 Å². The largest absolute Gasteiger partial charge is 0.383 e. The predicted molar refractivity (Wildman–Crippen MR) is 71.7 cm³/mol. The van der Waals surface area contributed by atoms with E-state index in [1.54, 1.807) is 7.11 Å². The lowest BCUT2D eigenvalue weighted by atomic mass is 9.93. The summed E-state index contributed by atoms with van der Waals surface area (Å²) in [6, 6.07) is 8.28. The Morgan fingerprint density at radius 1 is 1.41 bits per heavy atom. The summed E-state index contributed by atoms with van der Waals surface area (Å²) in [6.07, 6.45) is 1.26. The third-order valence-corrected chi connectivity index (χ3v) is 4.05. The molecule has 2 rings (SSSR count). The molecule has 0 aromatic heterocycles. The molecule has 1 saturated carbocycles. The zero-order valence-electron chi connectivity index (χ0n) is 10.5. The molecule has 0 heterocycles. The first-order chi connectivity index (χ1) is 8.19. The van der Waals surface area contributed by atoms with Crippen molar-refractivity contribution in [3.63, 3.8) is 0 Å². The standard InChI is InChI=1S/C14H20ClNO/c1-11-9-14(11,10-16-7-8-17-2)12-3-5-13(15)6-4-12/h3-6,11,16H,7-10H2,1-2H3. The van der Waals surface area contributed by atoms with Gasteiger partial charge in [-0.2, -0.15) is 0 Å². The highest BCUT2D eigenvalue weighted by Crippen LogP contribution is 2.53. The van der Waals surface area contributed by atoms with E-state index >= 15 is 0 Å². The highest BCUT2D eigenvalue weighted by atomic mass is 35.5. The second kappa shape index (κ2) is 5.38. The molecule has 1 aliphatic carbocycles. The van der Waals surface area contributed by atoms with Gasteiger partial charge in [0, 0.05) is 30.6 Å². The molecule has 0 spiro atoms. The number of hydrogen-bond donors (Lipinski definition) is 1. The Morgan fingerprint density at radius 2 is 2.06 bits per heavy atom. The first-order valence-corrected chi connectivity index (χ1v) is 6.52. The Morgan fingerprint density at radius 3 is 2.59 bits per heavy atom. The minimum absolute atomic E-state index is 0.318. The second-order valence-corrected chi connectivity index (χ2v) is 5.37. The molecule has 1 aromatic carbocycles. The van der Waals surface area contributed by atoms with Gasteiger partial charge in [-0.3, -0.25) is 0 Å². The molecule has 0 radical (unpaired) electrons. The number of hydrogen-bond acceptors (Lipinski definition) is 2. The van der Waals surface area contributed by atoms with Crippen LogP contribution in [0.15, 0.2) is 24.3 Å². The van der Waals surface area contributed by atoms with Crippen LogP contribution in [0, 0.1) is 5.92 Å². The van der Waals surface area contributed by atoms with Crippen LogP contribution in [0.1, 0.15) is 18.9 Å².